The lowest BCUT2D eigenvalue weighted by atomic mass is 9.81. The van der Waals surface area contributed by atoms with Gasteiger partial charge in [-0.25, -0.2) is 4.39 Å². The monoisotopic (exact) mass is 341 g/mol. The molecule has 3 N–H and O–H groups in total. The molecule has 0 amide bonds. The zero-order chi connectivity index (χ0) is 15.6. The Labute approximate surface area is 133 Å². The summed E-state index contributed by atoms with van der Waals surface area (Å²) in [5.41, 5.74) is 4.66. The second-order valence-electron chi connectivity index (χ2n) is 5.65. The van der Waals surface area contributed by atoms with Gasteiger partial charge in [0.1, 0.15) is 5.82 Å². The highest BCUT2D eigenvalue weighted by Crippen LogP contribution is 2.35. The summed E-state index contributed by atoms with van der Waals surface area (Å²) in [6.07, 6.45) is -0.943. The van der Waals surface area contributed by atoms with Crippen LogP contribution in [0.4, 0.5) is 17.6 Å². The lowest BCUT2D eigenvalue weighted by molar-refractivity contribution is -0.140. The maximum atomic E-state index is 13.3. The van der Waals surface area contributed by atoms with Crippen LogP contribution in [-0.2, 0) is 6.18 Å². The SMILES string of the molecule is Cl.N[C@H](c1ccc(F)c(C(F)(F)F)c1)[C@@H](O)C1CCCCC1. The van der Waals surface area contributed by atoms with Gasteiger partial charge in [-0.3, -0.25) is 0 Å². The Kier molecular flexibility index (Phi) is 6.65. The summed E-state index contributed by atoms with van der Waals surface area (Å²) in [4.78, 5) is 0. The molecule has 1 saturated carbocycles. The summed E-state index contributed by atoms with van der Waals surface area (Å²) in [5, 5.41) is 10.3. The number of aliphatic hydroxyl groups is 1. The maximum absolute atomic E-state index is 13.3. The van der Waals surface area contributed by atoms with E-state index in [2.05, 4.69) is 0 Å². The van der Waals surface area contributed by atoms with Crippen molar-refractivity contribution in [3.63, 3.8) is 0 Å². The molecule has 1 aliphatic carbocycles. The molecule has 1 aromatic rings. The van der Waals surface area contributed by atoms with E-state index in [0.29, 0.717) is 6.07 Å². The molecular formula is C15H20ClF4NO. The minimum atomic E-state index is -4.77. The highest BCUT2D eigenvalue weighted by atomic mass is 35.5. The molecule has 2 atom stereocenters. The van der Waals surface area contributed by atoms with Crippen molar-refractivity contribution in [1.29, 1.82) is 0 Å². The van der Waals surface area contributed by atoms with Crippen molar-refractivity contribution in [3.8, 4) is 0 Å². The number of hydrogen-bond donors (Lipinski definition) is 2. The third-order valence-electron chi connectivity index (χ3n) is 4.18. The largest absolute Gasteiger partial charge is 0.419 e. The molecule has 0 saturated heterocycles. The van der Waals surface area contributed by atoms with E-state index in [0.717, 1.165) is 38.2 Å². The number of halogens is 5. The van der Waals surface area contributed by atoms with Crippen molar-refractivity contribution >= 4 is 12.4 Å². The van der Waals surface area contributed by atoms with Crippen LogP contribution in [0.15, 0.2) is 18.2 Å². The molecule has 0 aliphatic heterocycles. The Morgan fingerprint density at radius 2 is 1.73 bits per heavy atom. The van der Waals surface area contributed by atoms with Gasteiger partial charge in [0, 0.05) is 0 Å². The van der Waals surface area contributed by atoms with Crippen molar-refractivity contribution in [2.45, 2.75) is 50.4 Å². The Morgan fingerprint density at radius 3 is 2.27 bits per heavy atom. The molecule has 22 heavy (non-hydrogen) atoms. The van der Waals surface area contributed by atoms with Crippen LogP contribution >= 0.6 is 12.4 Å². The van der Waals surface area contributed by atoms with Crippen LogP contribution in [0.3, 0.4) is 0 Å². The molecule has 2 nitrogen and oxygen atoms in total. The molecule has 0 heterocycles. The first-order valence-electron chi connectivity index (χ1n) is 7.11. The van der Waals surface area contributed by atoms with Crippen LogP contribution in [0.5, 0.6) is 0 Å². The molecule has 7 heteroatoms. The Hall–Kier alpha value is -0.850. The molecular weight excluding hydrogens is 322 g/mol. The molecule has 1 fully saturated rings. The Morgan fingerprint density at radius 1 is 1.14 bits per heavy atom. The van der Waals surface area contributed by atoms with E-state index in [-0.39, 0.29) is 23.9 Å². The van der Waals surface area contributed by atoms with Crippen molar-refractivity contribution in [2.24, 2.45) is 11.7 Å². The molecule has 2 rings (SSSR count). The summed E-state index contributed by atoms with van der Waals surface area (Å²) in [6, 6.07) is 1.73. The lowest BCUT2D eigenvalue weighted by Gasteiger charge is -2.30. The molecule has 0 aromatic heterocycles. The fourth-order valence-corrected chi connectivity index (χ4v) is 2.93. The Bertz CT molecular complexity index is 489. The molecule has 126 valence electrons. The third-order valence-corrected chi connectivity index (χ3v) is 4.18. The minimum absolute atomic E-state index is 0. The zero-order valence-electron chi connectivity index (χ0n) is 11.9. The molecule has 0 unspecified atom stereocenters. The van der Waals surface area contributed by atoms with E-state index in [1.165, 1.54) is 6.07 Å². The van der Waals surface area contributed by atoms with Gasteiger partial charge in [-0.15, -0.1) is 12.4 Å². The maximum Gasteiger partial charge on any atom is 0.419 e. The first-order valence-corrected chi connectivity index (χ1v) is 7.11. The topological polar surface area (TPSA) is 46.2 Å². The van der Waals surface area contributed by atoms with Gasteiger partial charge in [-0.05, 0) is 36.5 Å². The number of nitrogens with two attached hydrogens (primary N) is 1. The van der Waals surface area contributed by atoms with Gasteiger partial charge >= 0.3 is 6.18 Å². The van der Waals surface area contributed by atoms with Crippen molar-refractivity contribution in [3.05, 3.63) is 35.1 Å². The molecule has 0 bridgehead atoms. The lowest BCUT2D eigenvalue weighted by Crippen LogP contribution is -2.34. The number of benzene rings is 1. The van der Waals surface area contributed by atoms with Crippen LogP contribution < -0.4 is 5.73 Å². The van der Waals surface area contributed by atoms with Crippen LogP contribution in [0.2, 0.25) is 0 Å². The highest BCUT2D eigenvalue weighted by Gasteiger charge is 2.35. The van der Waals surface area contributed by atoms with Gasteiger partial charge < -0.3 is 10.8 Å². The van der Waals surface area contributed by atoms with Crippen LogP contribution in [0.1, 0.15) is 49.3 Å². The predicted molar refractivity (Wildman–Crippen MR) is 78.2 cm³/mol. The molecule has 0 spiro atoms. The molecule has 1 aliphatic rings. The summed E-state index contributed by atoms with van der Waals surface area (Å²) in [7, 11) is 0. The van der Waals surface area contributed by atoms with Crippen molar-refractivity contribution in [1.82, 2.24) is 0 Å². The van der Waals surface area contributed by atoms with Gasteiger partial charge in [0.25, 0.3) is 0 Å². The van der Waals surface area contributed by atoms with Crippen molar-refractivity contribution < 1.29 is 22.7 Å². The van der Waals surface area contributed by atoms with Gasteiger partial charge in [-0.1, -0.05) is 25.3 Å². The Balaban J connectivity index is 0.00000242. The van der Waals surface area contributed by atoms with Gasteiger partial charge in [0.2, 0.25) is 0 Å². The number of hydrogen-bond acceptors (Lipinski definition) is 2. The van der Waals surface area contributed by atoms with Gasteiger partial charge in [-0.2, -0.15) is 13.2 Å². The summed E-state index contributed by atoms with van der Waals surface area (Å²) in [6.45, 7) is 0. The fourth-order valence-electron chi connectivity index (χ4n) is 2.93. The van der Waals surface area contributed by atoms with Crippen LogP contribution in [0, 0.1) is 11.7 Å². The standard InChI is InChI=1S/C15H19F4NO.ClH/c16-12-7-6-10(8-11(12)15(17,18)19)13(20)14(21)9-4-2-1-3-5-9;/h6-9,13-14,21H,1-5,20H2;1H/t13-,14+;/m1./s1. The first-order chi connectivity index (χ1) is 9.80. The summed E-state index contributed by atoms with van der Waals surface area (Å²) < 4.78 is 51.4. The van der Waals surface area contributed by atoms with E-state index in [4.69, 9.17) is 5.73 Å². The number of alkyl halides is 3. The summed E-state index contributed by atoms with van der Waals surface area (Å²) >= 11 is 0. The van der Waals surface area contributed by atoms with Crippen LogP contribution in [-0.4, -0.2) is 11.2 Å². The van der Waals surface area contributed by atoms with Gasteiger partial charge in [0.05, 0.1) is 17.7 Å². The van der Waals surface area contributed by atoms with E-state index in [9.17, 15) is 22.7 Å². The quantitative estimate of drug-likeness (QED) is 0.809. The smallest absolute Gasteiger partial charge is 0.391 e. The second kappa shape index (κ2) is 7.62. The van der Waals surface area contributed by atoms with Crippen molar-refractivity contribution in [2.75, 3.05) is 0 Å². The molecule has 0 radical (unpaired) electrons. The molecule has 1 aromatic carbocycles. The van der Waals surface area contributed by atoms with E-state index in [1.54, 1.807) is 0 Å². The minimum Gasteiger partial charge on any atom is -0.391 e. The number of rotatable bonds is 3. The first kappa shape index (κ1) is 19.2. The fraction of sp³-hybridized carbons (Fsp3) is 0.600. The second-order valence-corrected chi connectivity index (χ2v) is 5.65. The predicted octanol–water partition coefficient (Wildman–Crippen LogP) is 4.21. The van der Waals surface area contributed by atoms with Gasteiger partial charge in [0.15, 0.2) is 0 Å². The van der Waals surface area contributed by atoms with Crippen LogP contribution in [0.25, 0.3) is 0 Å². The van der Waals surface area contributed by atoms with E-state index in [1.807, 2.05) is 0 Å². The third kappa shape index (κ3) is 4.33. The number of aliphatic hydroxyl groups excluding tert-OH is 1. The van der Waals surface area contributed by atoms with E-state index >= 15 is 0 Å². The average molecular weight is 342 g/mol. The zero-order valence-corrected chi connectivity index (χ0v) is 12.8. The highest BCUT2D eigenvalue weighted by molar-refractivity contribution is 5.85. The van der Waals surface area contributed by atoms with E-state index < -0.39 is 29.7 Å². The normalized spacial score (nSPS) is 19.4. The average Bonchev–Trinajstić information content (AvgIpc) is 2.46. The summed E-state index contributed by atoms with van der Waals surface area (Å²) in [5.74, 6) is -1.33.